The lowest BCUT2D eigenvalue weighted by atomic mass is 9.96. The van der Waals surface area contributed by atoms with Crippen LogP contribution in [0.25, 0.3) is 11.1 Å². The Morgan fingerprint density at radius 2 is 1.57 bits per heavy atom. The van der Waals surface area contributed by atoms with Crippen molar-refractivity contribution in [3.05, 3.63) is 90.0 Å². The van der Waals surface area contributed by atoms with Crippen molar-refractivity contribution < 1.29 is 14.3 Å². The van der Waals surface area contributed by atoms with E-state index >= 15 is 0 Å². The van der Waals surface area contributed by atoms with Gasteiger partial charge in [0.15, 0.2) is 6.61 Å². The van der Waals surface area contributed by atoms with Crippen LogP contribution in [0.4, 0.5) is 0 Å². The summed E-state index contributed by atoms with van der Waals surface area (Å²) in [6.45, 7) is 0.116. The predicted molar refractivity (Wildman–Crippen MR) is 117 cm³/mol. The van der Waals surface area contributed by atoms with Crippen LogP contribution in [0.3, 0.4) is 0 Å². The molecule has 5 nitrogen and oxygen atoms in total. The standard InChI is InChI=1S/C24H20N2O3S/c25-16-18-8-4-5-11-20(18)21-12-6-7-13-22(21)24(28)29-17-23(27)26-14-15-30-19-9-2-1-3-10-19/h1-13H,14-15,17H2,(H,26,27). The van der Waals surface area contributed by atoms with Gasteiger partial charge in [-0.25, -0.2) is 4.79 Å². The summed E-state index contributed by atoms with van der Waals surface area (Å²) < 4.78 is 5.20. The third kappa shape index (κ3) is 5.72. The van der Waals surface area contributed by atoms with Gasteiger partial charge in [-0.05, 0) is 29.8 Å². The Morgan fingerprint density at radius 1 is 0.900 bits per heavy atom. The van der Waals surface area contributed by atoms with Crippen molar-refractivity contribution in [1.29, 1.82) is 5.26 Å². The van der Waals surface area contributed by atoms with E-state index in [2.05, 4.69) is 11.4 Å². The van der Waals surface area contributed by atoms with Gasteiger partial charge in [0.05, 0.1) is 17.2 Å². The second-order valence-electron chi connectivity index (χ2n) is 6.29. The average Bonchev–Trinajstić information content (AvgIpc) is 2.81. The van der Waals surface area contributed by atoms with Crippen LogP contribution in [-0.4, -0.2) is 30.8 Å². The summed E-state index contributed by atoms with van der Waals surface area (Å²) in [6, 6.07) is 26.0. The lowest BCUT2D eigenvalue weighted by Gasteiger charge is -2.11. The van der Waals surface area contributed by atoms with Gasteiger partial charge in [0.25, 0.3) is 5.91 Å². The molecule has 1 amide bonds. The first-order valence-corrected chi connectivity index (χ1v) is 10.4. The molecule has 0 heterocycles. The number of thioether (sulfide) groups is 1. The topological polar surface area (TPSA) is 79.2 Å². The Labute approximate surface area is 179 Å². The van der Waals surface area contributed by atoms with Crippen LogP contribution in [0.2, 0.25) is 0 Å². The monoisotopic (exact) mass is 416 g/mol. The van der Waals surface area contributed by atoms with Gasteiger partial charge in [0, 0.05) is 22.8 Å². The molecule has 0 unspecified atom stereocenters. The quantitative estimate of drug-likeness (QED) is 0.337. The molecule has 0 saturated carbocycles. The summed E-state index contributed by atoms with van der Waals surface area (Å²) in [4.78, 5) is 25.7. The molecule has 0 aliphatic heterocycles. The number of ether oxygens (including phenoxy) is 1. The number of esters is 1. The Morgan fingerprint density at radius 3 is 2.33 bits per heavy atom. The summed E-state index contributed by atoms with van der Waals surface area (Å²) in [6.07, 6.45) is 0. The highest BCUT2D eigenvalue weighted by Gasteiger charge is 2.17. The fraction of sp³-hybridized carbons (Fsp3) is 0.125. The van der Waals surface area contributed by atoms with Crippen LogP contribution in [0.5, 0.6) is 0 Å². The van der Waals surface area contributed by atoms with E-state index in [4.69, 9.17) is 4.74 Å². The molecule has 3 aromatic rings. The molecule has 0 bridgehead atoms. The summed E-state index contributed by atoms with van der Waals surface area (Å²) in [5.74, 6) is -0.239. The van der Waals surface area contributed by atoms with Crippen molar-refractivity contribution in [3.8, 4) is 17.2 Å². The van der Waals surface area contributed by atoms with Gasteiger partial charge >= 0.3 is 5.97 Å². The molecule has 3 rings (SSSR count). The highest BCUT2D eigenvalue weighted by molar-refractivity contribution is 7.99. The maximum absolute atomic E-state index is 12.6. The van der Waals surface area contributed by atoms with Crippen molar-refractivity contribution in [3.63, 3.8) is 0 Å². The molecule has 0 fully saturated rings. The van der Waals surface area contributed by atoms with Crippen LogP contribution < -0.4 is 5.32 Å². The van der Waals surface area contributed by atoms with Gasteiger partial charge in [0.2, 0.25) is 0 Å². The summed E-state index contributed by atoms with van der Waals surface area (Å²) >= 11 is 1.64. The first-order chi connectivity index (χ1) is 14.7. The first-order valence-electron chi connectivity index (χ1n) is 9.39. The molecular formula is C24H20N2O3S. The molecular weight excluding hydrogens is 396 g/mol. The second-order valence-corrected chi connectivity index (χ2v) is 7.46. The van der Waals surface area contributed by atoms with Crippen molar-refractivity contribution in [2.45, 2.75) is 4.90 Å². The number of carbonyl (C=O) groups is 2. The highest BCUT2D eigenvalue weighted by atomic mass is 32.2. The third-order valence-corrected chi connectivity index (χ3v) is 5.27. The van der Waals surface area contributed by atoms with Crippen LogP contribution in [0.15, 0.2) is 83.8 Å². The molecule has 0 aliphatic rings. The van der Waals surface area contributed by atoms with E-state index in [0.29, 0.717) is 28.8 Å². The number of hydrogen-bond acceptors (Lipinski definition) is 5. The Hall–Kier alpha value is -3.56. The normalized spacial score (nSPS) is 10.1. The van der Waals surface area contributed by atoms with Crippen molar-refractivity contribution >= 4 is 23.6 Å². The summed E-state index contributed by atoms with van der Waals surface area (Å²) in [5.41, 5.74) is 2.02. The number of nitriles is 1. The molecule has 0 aromatic heterocycles. The van der Waals surface area contributed by atoms with E-state index in [0.717, 1.165) is 10.6 Å². The van der Waals surface area contributed by atoms with E-state index in [-0.39, 0.29) is 12.5 Å². The maximum Gasteiger partial charge on any atom is 0.339 e. The average molecular weight is 417 g/mol. The molecule has 150 valence electrons. The predicted octanol–water partition coefficient (Wildman–Crippen LogP) is 4.29. The lowest BCUT2D eigenvalue weighted by Crippen LogP contribution is -2.30. The number of hydrogen-bond donors (Lipinski definition) is 1. The maximum atomic E-state index is 12.6. The molecule has 3 aromatic carbocycles. The Bertz CT molecular complexity index is 1060. The number of benzene rings is 3. The molecule has 0 aliphatic carbocycles. The van der Waals surface area contributed by atoms with Gasteiger partial charge in [-0.3, -0.25) is 4.79 Å². The molecule has 30 heavy (non-hydrogen) atoms. The molecule has 0 spiro atoms. The van der Waals surface area contributed by atoms with Gasteiger partial charge in [-0.1, -0.05) is 54.6 Å². The fourth-order valence-corrected chi connectivity index (χ4v) is 3.64. The highest BCUT2D eigenvalue weighted by Crippen LogP contribution is 2.27. The van der Waals surface area contributed by atoms with Gasteiger partial charge in [-0.15, -0.1) is 11.8 Å². The minimum Gasteiger partial charge on any atom is -0.452 e. The van der Waals surface area contributed by atoms with Crippen LogP contribution in [0.1, 0.15) is 15.9 Å². The van der Waals surface area contributed by atoms with Crippen LogP contribution >= 0.6 is 11.8 Å². The third-order valence-electron chi connectivity index (χ3n) is 4.26. The van der Waals surface area contributed by atoms with E-state index < -0.39 is 5.97 Å². The summed E-state index contributed by atoms with van der Waals surface area (Å²) in [5, 5.41) is 12.1. The zero-order valence-electron chi connectivity index (χ0n) is 16.2. The molecule has 0 atom stereocenters. The van der Waals surface area contributed by atoms with Crippen molar-refractivity contribution in [2.75, 3.05) is 18.9 Å². The number of nitrogens with one attached hydrogen (secondary N) is 1. The smallest absolute Gasteiger partial charge is 0.339 e. The number of nitrogens with zero attached hydrogens (tertiary/aromatic N) is 1. The fourth-order valence-electron chi connectivity index (χ4n) is 2.85. The second kappa shape index (κ2) is 10.8. The SMILES string of the molecule is N#Cc1ccccc1-c1ccccc1C(=O)OCC(=O)NCCSc1ccccc1. The van der Waals surface area contributed by atoms with Crippen molar-refractivity contribution in [1.82, 2.24) is 5.32 Å². The van der Waals surface area contributed by atoms with Gasteiger partial charge in [0.1, 0.15) is 0 Å². The summed E-state index contributed by atoms with van der Waals surface area (Å²) in [7, 11) is 0. The van der Waals surface area contributed by atoms with Crippen LogP contribution in [-0.2, 0) is 9.53 Å². The van der Waals surface area contributed by atoms with E-state index in [1.165, 1.54) is 0 Å². The first kappa shape index (κ1) is 21.2. The Balaban J connectivity index is 1.54. The molecule has 6 heteroatoms. The van der Waals surface area contributed by atoms with Gasteiger partial charge < -0.3 is 10.1 Å². The number of amides is 1. The minimum atomic E-state index is -0.604. The lowest BCUT2D eigenvalue weighted by molar-refractivity contribution is -0.124. The molecule has 1 N–H and O–H groups in total. The van der Waals surface area contributed by atoms with E-state index in [1.54, 1.807) is 60.3 Å². The van der Waals surface area contributed by atoms with Crippen molar-refractivity contribution in [2.24, 2.45) is 0 Å². The zero-order chi connectivity index (χ0) is 21.2. The number of rotatable bonds is 8. The van der Waals surface area contributed by atoms with Gasteiger partial charge in [-0.2, -0.15) is 5.26 Å². The molecule has 0 radical (unpaired) electrons. The minimum absolute atomic E-state index is 0.313. The van der Waals surface area contributed by atoms with E-state index in [9.17, 15) is 14.9 Å². The zero-order valence-corrected chi connectivity index (χ0v) is 17.0. The van der Waals surface area contributed by atoms with Crippen LogP contribution in [0, 0.1) is 11.3 Å². The largest absolute Gasteiger partial charge is 0.452 e. The van der Waals surface area contributed by atoms with E-state index in [1.807, 2.05) is 30.3 Å². The molecule has 0 saturated heterocycles. The Kier molecular flexibility index (Phi) is 7.64. The number of carbonyl (C=O) groups excluding carboxylic acids is 2.